The van der Waals surface area contributed by atoms with Crippen molar-refractivity contribution in [2.75, 3.05) is 13.7 Å². The van der Waals surface area contributed by atoms with Gasteiger partial charge < -0.3 is 9.53 Å². The molecule has 0 aliphatic heterocycles. The Balaban J connectivity index is 2.51. The minimum absolute atomic E-state index is 0.0487. The standard InChI is InChI=1S/C16H17NO4/c1-11(18)8-13(10-17(19)20)15-5-3-4-12-9-14(21-2)6-7-16(12)15/h3-7,9,13H,8,10H2,1-2H3/t13-/m0/s1. The van der Waals surface area contributed by atoms with Crippen molar-refractivity contribution in [2.45, 2.75) is 19.3 Å². The quantitative estimate of drug-likeness (QED) is 0.604. The number of ether oxygens (including phenoxy) is 1. The zero-order valence-corrected chi connectivity index (χ0v) is 12.0. The number of fused-ring (bicyclic) bond motifs is 1. The summed E-state index contributed by atoms with van der Waals surface area (Å²) >= 11 is 0. The molecule has 0 unspecified atom stereocenters. The molecule has 110 valence electrons. The van der Waals surface area contributed by atoms with Crippen LogP contribution < -0.4 is 4.74 Å². The Bertz CT molecular complexity index is 665. The molecule has 1 atom stereocenters. The zero-order valence-electron chi connectivity index (χ0n) is 12.0. The lowest BCUT2D eigenvalue weighted by Gasteiger charge is -2.15. The van der Waals surface area contributed by atoms with Crippen LogP contribution in [-0.2, 0) is 4.79 Å². The number of carbonyl (C=O) groups is 1. The Morgan fingerprint density at radius 2 is 2.10 bits per heavy atom. The third-order valence-electron chi connectivity index (χ3n) is 3.46. The van der Waals surface area contributed by atoms with Crippen LogP contribution in [0.4, 0.5) is 0 Å². The van der Waals surface area contributed by atoms with Gasteiger partial charge in [-0.15, -0.1) is 0 Å². The number of rotatable bonds is 6. The van der Waals surface area contributed by atoms with Gasteiger partial charge in [0.2, 0.25) is 6.54 Å². The molecular formula is C16H17NO4. The summed E-state index contributed by atoms with van der Waals surface area (Å²) in [4.78, 5) is 21.9. The van der Waals surface area contributed by atoms with Gasteiger partial charge in [-0.1, -0.05) is 24.3 Å². The molecule has 0 saturated carbocycles. The van der Waals surface area contributed by atoms with Crippen molar-refractivity contribution in [3.05, 3.63) is 52.1 Å². The molecule has 0 bridgehead atoms. The van der Waals surface area contributed by atoms with Crippen LogP contribution in [0.25, 0.3) is 10.8 Å². The van der Waals surface area contributed by atoms with E-state index in [-0.39, 0.29) is 23.7 Å². The van der Waals surface area contributed by atoms with Crippen LogP contribution in [0.1, 0.15) is 24.8 Å². The van der Waals surface area contributed by atoms with Gasteiger partial charge in [-0.3, -0.25) is 10.1 Å². The molecule has 2 aromatic rings. The summed E-state index contributed by atoms with van der Waals surface area (Å²) in [7, 11) is 1.59. The number of Topliss-reactive ketones (excluding diaryl/α,β-unsaturated/α-hetero) is 1. The SMILES string of the molecule is COc1ccc2c([C@@H](CC(C)=O)C[N+](=O)[O-])cccc2c1. The van der Waals surface area contributed by atoms with Crippen molar-refractivity contribution in [3.8, 4) is 5.75 Å². The Hall–Kier alpha value is -2.43. The third-order valence-corrected chi connectivity index (χ3v) is 3.46. The number of methoxy groups -OCH3 is 1. The fourth-order valence-corrected chi connectivity index (χ4v) is 2.57. The summed E-state index contributed by atoms with van der Waals surface area (Å²) < 4.78 is 5.19. The number of nitro groups is 1. The number of benzene rings is 2. The van der Waals surface area contributed by atoms with Crippen molar-refractivity contribution >= 4 is 16.6 Å². The number of hydrogen-bond acceptors (Lipinski definition) is 4. The molecule has 0 aromatic heterocycles. The first-order valence-corrected chi connectivity index (χ1v) is 6.69. The molecule has 0 spiro atoms. The van der Waals surface area contributed by atoms with Crippen LogP contribution in [0.15, 0.2) is 36.4 Å². The first kappa shape index (κ1) is 15.0. The highest BCUT2D eigenvalue weighted by Gasteiger charge is 2.21. The summed E-state index contributed by atoms with van der Waals surface area (Å²) in [5.41, 5.74) is 0.835. The first-order valence-electron chi connectivity index (χ1n) is 6.69. The van der Waals surface area contributed by atoms with Gasteiger partial charge in [-0.2, -0.15) is 0 Å². The molecular weight excluding hydrogens is 270 g/mol. The Labute approximate surface area is 122 Å². The molecule has 5 nitrogen and oxygen atoms in total. The molecule has 5 heteroatoms. The number of hydrogen-bond donors (Lipinski definition) is 0. The average molecular weight is 287 g/mol. The number of nitrogens with zero attached hydrogens (tertiary/aromatic N) is 1. The molecule has 2 aromatic carbocycles. The lowest BCUT2D eigenvalue weighted by molar-refractivity contribution is -0.483. The Morgan fingerprint density at radius 1 is 1.33 bits per heavy atom. The van der Waals surface area contributed by atoms with Gasteiger partial charge in [-0.25, -0.2) is 0 Å². The zero-order chi connectivity index (χ0) is 15.4. The topological polar surface area (TPSA) is 69.4 Å². The summed E-state index contributed by atoms with van der Waals surface area (Å²) in [6.07, 6.45) is 0.173. The minimum atomic E-state index is -0.408. The predicted octanol–water partition coefficient (Wildman–Crippen LogP) is 3.19. The van der Waals surface area contributed by atoms with E-state index in [1.54, 1.807) is 7.11 Å². The van der Waals surface area contributed by atoms with E-state index in [0.29, 0.717) is 0 Å². The van der Waals surface area contributed by atoms with Gasteiger partial charge in [0, 0.05) is 11.3 Å². The molecule has 0 saturated heterocycles. The molecule has 0 radical (unpaired) electrons. The van der Waals surface area contributed by atoms with E-state index in [0.717, 1.165) is 22.1 Å². The lowest BCUT2D eigenvalue weighted by atomic mass is 9.90. The second-order valence-electron chi connectivity index (χ2n) is 5.05. The molecule has 0 N–H and O–H groups in total. The van der Waals surface area contributed by atoms with Crippen LogP contribution in [0.2, 0.25) is 0 Å². The fraction of sp³-hybridized carbons (Fsp3) is 0.312. The highest BCUT2D eigenvalue weighted by atomic mass is 16.6. The van der Waals surface area contributed by atoms with E-state index >= 15 is 0 Å². The van der Waals surface area contributed by atoms with Crippen LogP contribution in [-0.4, -0.2) is 24.4 Å². The Kier molecular flexibility index (Phi) is 4.52. The van der Waals surface area contributed by atoms with Gasteiger partial charge in [0.25, 0.3) is 0 Å². The summed E-state index contributed by atoms with van der Waals surface area (Å²) in [5.74, 6) is 0.277. The van der Waals surface area contributed by atoms with Crippen molar-refractivity contribution in [3.63, 3.8) is 0 Å². The second-order valence-corrected chi connectivity index (χ2v) is 5.05. The molecule has 0 fully saturated rings. The predicted molar refractivity (Wildman–Crippen MR) is 80.4 cm³/mol. The van der Waals surface area contributed by atoms with Crippen molar-refractivity contribution < 1.29 is 14.5 Å². The summed E-state index contributed by atoms with van der Waals surface area (Å²) in [5, 5.41) is 12.7. The number of ketones is 1. The largest absolute Gasteiger partial charge is 0.497 e. The maximum atomic E-state index is 11.4. The second kappa shape index (κ2) is 6.35. The molecule has 0 aliphatic carbocycles. The average Bonchev–Trinajstić information content (AvgIpc) is 2.44. The normalized spacial score (nSPS) is 12.1. The van der Waals surface area contributed by atoms with Crippen LogP contribution in [0, 0.1) is 10.1 Å². The van der Waals surface area contributed by atoms with Crippen molar-refractivity contribution in [1.82, 2.24) is 0 Å². The van der Waals surface area contributed by atoms with Gasteiger partial charge >= 0.3 is 0 Å². The fourth-order valence-electron chi connectivity index (χ4n) is 2.57. The lowest BCUT2D eigenvalue weighted by Crippen LogP contribution is -2.15. The highest BCUT2D eigenvalue weighted by molar-refractivity contribution is 5.88. The minimum Gasteiger partial charge on any atom is -0.497 e. The molecule has 0 heterocycles. The molecule has 0 amide bonds. The van der Waals surface area contributed by atoms with Crippen LogP contribution >= 0.6 is 0 Å². The van der Waals surface area contributed by atoms with Crippen molar-refractivity contribution in [2.24, 2.45) is 0 Å². The highest BCUT2D eigenvalue weighted by Crippen LogP contribution is 2.30. The summed E-state index contributed by atoms with van der Waals surface area (Å²) in [6.45, 7) is 1.21. The van der Waals surface area contributed by atoms with E-state index < -0.39 is 5.92 Å². The van der Waals surface area contributed by atoms with Crippen molar-refractivity contribution in [1.29, 1.82) is 0 Å². The molecule has 0 aliphatic rings. The van der Waals surface area contributed by atoms with Gasteiger partial charge in [0.1, 0.15) is 11.5 Å². The molecule has 2 rings (SSSR count). The van der Waals surface area contributed by atoms with Gasteiger partial charge in [0.15, 0.2) is 0 Å². The van der Waals surface area contributed by atoms with Gasteiger partial charge in [0.05, 0.1) is 13.0 Å². The van der Waals surface area contributed by atoms with E-state index in [2.05, 4.69) is 0 Å². The van der Waals surface area contributed by atoms with Crippen LogP contribution in [0.3, 0.4) is 0 Å². The first-order chi connectivity index (χ1) is 10.0. The number of carbonyl (C=O) groups excluding carboxylic acids is 1. The monoisotopic (exact) mass is 287 g/mol. The smallest absolute Gasteiger partial charge is 0.211 e. The maximum absolute atomic E-state index is 11.4. The van der Waals surface area contributed by atoms with E-state index in [1.165, 1.54) is 6.92 Å². The maximum Gasteiger partial charge on any atom is 0.211 e. The van der Waals surface area contributed by atoms with Crippen LogP contribution in [0.5, 0.6) is 5.75 Å². The van der Waals surface area contributed by atoms with E-state index in [4.69, 9.17) is 4.74 Å². The Morgan fingerprint density at radius 3 is 2.71 bits per heavy atom. The molecule has 21 heavy (non-hydrogen) atoms. The van der Waals surface area contributed by atoms with E-state index in [9.17, 15) is 14.9 Å². The summed E-state index contributed by atoms with van der Waals surface area (Å²) in [6, 6.07) is 11.2. The van der Waals surface area contributed by atoms with E-state index in [1.807, 2.05) is 36.4 Å². The third kappa shape index (κ3) is 3.56. The van der Waals surface area contributed by atoms with Gasteiger partial charge in [-0.05, 0) is 35.4 Å².